The number of thiophene rings is 1. The summed E-state index contributed by atoms with van der Waals surface area (Å²) in [6, 6.07) is 11.2. The van der Waals surface area contributed by atoms with Crippen molar-refractivity contribution in [3.05, 3.63) is 52.2 Å². The Morgan fingerprint density at radius 3 is 2.61 bits per heavy atom. The second-order valence-electron chi connectivity index (χ2n) is 4.83. The van der Waals surface area contributed by atoms with Crippen LogP contribution in [0.2, 0.25) is 0 Å². The van der Waals surface area contributed by atoms with E-state index in [1.165, 1.54) is 11.3 Å². The third kappa shape index (κ3) is 5.41. The summed E-state index contributed by atoms with van der Waals surface area (Å²) in [6.45, 7) is 2.76. The number of carbonyl (C=O) groups excluding carboxylic acids is 2. The van der Waals surface area contributed by atoms with E-state index in [4.69, 9.17) is 4.74 Å². The van der Waals surface area contributed by atoms with Crippen molar-refractivity contribution < 1.29 is 14.3 Å². The van der Waals surface area contributed by atoms with Crippen molar-refractivity contribution >= 4 is 23.2 Å². The van der Waals surface area contributed by atoms with E-state index in [9.17, 15) is 9.59 Å². The number of benzene rings is 1. The van der Waals surface area contributed by atoms with Gasteiger partial charge in [0, 0.05) is 13.1 Å². The normalized spacial score (nSPS) is 10.1. The van der Waals surface area contributed by atoms with E-state index in [2.05, 4.69) is 10.6 Å². The lowest BCUT2D eigenvalue weighted by Gasteiger charge is -2.10. The van der Waals surface area contributed by atoms with Crippen LogP contribution in [0.15, 0.2) is 41.8 Å². The number of carbonyl (C=O) groups is 2. The predicted octanol–water partition coefficient (Wildman–Crippen LogP) is 2.24. The van der Waals surface area contributed by atoms with E-state index >= 15 is 0 Å². The zero-order chi connectivity index (χ0) is 16.5. The fourth-order valence-corrected chi connectivity index (χ4v) is 2.64. The quantitative estimate of drug-likeness (QED) is 0.729. The van der Waals surface area contributed by atoms with E-state index in [0.717, 1.165) is 17.7 Å². The maximum Gasteiger partial charge on any atom is 0.261 e. The number of hydrogen-bond acceptors (Lipinski definition) is 4. The number of rotatable bonds is 8. The van der Waals surface area contributed by atoms with Gasteiger partial charge in [0.1, 0.15) is 5.75 Å². The van der Waals surface area contributed by atoms with Gasteiger partial charge in [0.15, 0.2) is 6.61 Å². The molecule has 0 saturated heterocycles. The average molecular weight is 332 g/mol. The molecule has 1 aromatic carbocycles. The van der Waals surface area contributed by atoms with Gasteiger partial charge in [0.25, 0.3) is 11.8 Å². The molecule has 0 aliphatic carbocycles. The average Bonchev–Trinajstić information content (AvgIpc) is 3.11. The van der Waals surface area contributed by atoms with E-state index in [0.29, 0.717) is 18.0 Å². The minimum absolute atomic E-state index is 0.0319. The molecule has 23 heavy (non-hydrogen) atoms. The standard InChI is InChI=1S/C17H20N2O3S/c1-2-13-6-3-4-7-14(13)22-12-16(20)18-9-10-19-17(21)15-8-5-11-23-15/h3-8,11H,2,9-10,12H2,1H3,(H,18,20)(H,19,21). The van der Waals surface area contributed by atoms with Crippen LogP contribution in [-0.2, 0) is 11.2 Å². The molecule has 1 heterocycles. The summed E-state index contributed by atoms with van der Waals surface area (Å²) in [7, 11) is 0. The molecule has 0 atom stereocenters. The van der Waals surface area contributed by atoms with Crippen LogP contribution >= 0.6 is 11.3 Å². The molecule has 0 fully saturated rings. The van der Waals surface area contributed by atoms with Crippen molar-refractivity contribution in [2.24, 2.45) is 0 Å². The van der Waals surface area contributed by atoms with E-state index in [-0.39, 0.29) is 18.4 Å². The first-order valence-corrected chi connectivity index (χ1v) is 8.37. The van der Waals surface area contributed by atoms with Crippen molar-refractivity contribution in [1.29, 1.82) is 0 Å². The molecule has 0 bridgehead atoms. The summed E-state index contributed by atoms with van der Waals surface area (Å²) in [5, 5.41) is 7.31. The number of para-hydroxylation sites is 1. The van der Waals surface area contributed by atoms with Gasteiger partial charge in [-0.15, -0.1) is 11.3 Å². The maximum absolute atomic E-state index is 11.7. The van der Waals surface area contributed by atoms with E-state index in [1.54, 1.807) is 6.07 Å². The van der Waals surface area contributed by atoms with Gasteiger partial charge in [0.05, 0.1) is 4.88 Å². The lowest BCUT2D eigenvalue weighted by molar-refractivity contribution is -0.123. The Morgan fingerprint density at radius 2 is 1.87 bits per heavy atom. The van der Waals surface area contributed by atoms with Gasteiger partial charge in [-0.25, -0.2) is 0 Å². The van der Waals surface area contributed by atoms with Gasteiger partial charge in [-0.2, -0.15) is 0 Å². The van der Waals surface area contributed by atoms with Crippen LogP contribution in [0.25, 0.3) is 0 Å². The predicted molar refractivity (Wildman–Crippen MR) is 91.0 cm³/mol. The Morgan fingerprint density at radius 1 is 1.09 bits per heavy atom. The molecular formula is C17H20N2O3S. The molecule has 1 aromatic heterocycles. The van der Waals surface area contributed by atoms with Crippen molar-refractivity contribution in [3.63, 3.8) is 0 Å². The molecule has 0 radical (unpaired) electrons. The molecular weight excluding hydrogens is 312 g/mol. The van der Waals surface area contributed by atoms with Crippen LogP contribution < -0.4 is 15.4 Å². The van der Waals surface area contributed by atoms with Crippen LogP contribution in [0.3, 0.4) is 0 Å². The van der Waals surface area contributed by atoms with Crippen molar-refractivity contribution in [2.45, 2.75) is 13.3 Å². The number of amides is 2. The summed E-state index contributed by atoms with van der Waals surface area (Å²) in [5.41, 5.74) is 1.07. The first kappa shape index (κ1) is 17.0. The molecule has 5 nitrogen and oxygen atoms in total. The second-order valence-corrected chi connectivity index (χ2v) is 5.78. The maximum atomic E-state index is 11.7. The summed E-state index contributed by atoms with van der Waals surface area (Å²) < 4.78 is 5.53. The van der Waals surface area contributed by atoms with E-state index < -0.39 is 0 Å². The molecule has 0 aliphatic heterocycles. The highest BCUT2D eigenvalue weighted by Crippen LogP contribution is 2.17. The van der Waals surface area contributed by atoms with Gasteiger partial charge in [-0.1, -0.05) is 31.2 Å². The molecule has 122 valence electrons. The Hall–Kier alpha value is -2.34. The first-order chi connectivity index (χ1) is 11.2. The number of nitrogens with one attached hydrogen (secondary N) is 2. The Labute approximate surface area is 139 Å². The van der Waals surface area contributed by atoms with Crippen molar-refractivity contribution in [1.82, 2.24) is 10.6 Å². The fraction of sp³-hybridized carbons (Fsp3) is 0.294. The Balaban J connectivity index is 1.64. The van der Waals surface area contributed by atoms with Crippen LogP contribution in [0, 0.1) is 0 Å². The first-order valence-electron chi connectivity index (χ1n) is 7.49. The number of hydrogen-bond donors (Lipinski definition) is 2. The van der Waals surface area contributed by atoms with Gasteiger partial charge < -0.3 is 15.4 Å². The molecule has 0 saturated carbocycles. The third-order valence-corrected chi connectivity index (χ3v) is 4.06. The topological polar surface area (TPSA) is 67.4 Å². The van der Waals surface area contributed by atoms with E-state index in [1.807, 2.05) is 42.6 Å². The van der Waals surface area contributed by atoms with Gasteiger partial charge in [0.2, 0.25) is 0 Å². The second kappa shape index (κ2) is 8.95. The fourth-order valence-electron chi connectivity index (χ4n) is 2.00. The molecule has 0 spiro atoms. The third-order valence-electron chi connectivity index (χ3n) is 3.19. The van der Waals surface area contributed by atoms with Crippen molar-refractivity contribution in [2.75, 3.05) is 19.7 Å². The largest absolute Gasteiger partial charge is 0.483 e. The summed E-state index contributed by atoms with van der Waals surface area (Å²) >= 11 is 1.39. The molecule has 0 unspecified atom stereocenters. The van der Waals surface area contributed by atoms with Crippen LogP contribution in [-0.4, -0.2) is 31.5 Å². The van der Waals surface area contributed by atoms with Crippen molar-refractivity contribution in [3.8, 4) is 5.75 Å². The summed E-state index contributed by atoms with van der Waals surface area (Å²) in [6.07, 6.45) is 0.854. The summed E-state index contributed by atoms with van der Waals surface area (Å²) in [4.78, 5) is 24.1. The van der Waals surface area contributed by atoms with Gasteiger partial charge in [-0.3, -0.25) is 9.59 Å². The SMILES string of the molecule is CCc1ccccc1OCC(=O)NCCNC(=O)c1cccs1. The Bertz CT molecular complexity index is 641. The monoisotopic (exact) mass is 332 g/mol. The highest BCUT2D eigenvalue weighted by atomic mass is 32.1. The highest BCUT2D eigenvalue weighted by molar-refractivity contribution is 7.12. The smallest absolute Gasteiger partial charge is 0.261 e. The molecule has 2 N–H and O–H groups in total. The van der Waals surface area contributed by atoms with Crippen LogP contribution in [0.5, 0.6) is 5.75 Å². The van der Waals surface area contributed by atoms with Gasteiger partial charge >= 0.3 is 0 Å². The van der Waals surface area contributed by atoms with Crippen LogP contribution in [0.1, 0.15) is 22.2 Å². The molecule has 2 aromatic rings. The molecule has 0 aliphatic rings. The summed E-state index contributed by atoms with van der Waals surface area (Å²) in [5.74, 6) is 0.403. The Kier molecular flexibility index (Phi) is 6.62. The number of ether oxygens (including phenoxy) is 1. The molecule has 2 rings (SSSR count). The molecule has 2 amide bonds. The lowest BCUT2D eigenvalue weighted by Crippen LogP contribution is -2.36. The highest BCUT2D eigenvalue weighted by Gasteiger charge is 2.07. The minimum atomic E-state index is -0.207. The number of aryl methyl sites for hydroxylation is 1. The zero-order valence-electron chi connectivity index (χ0n) is 13.0. The zero-order valence-corrected chi connectivity index (χ0v) is 13.8. The molecule has 6 heteroatoms. The lowest BCUT2D eigenvalue weighted by atomic mass is 10.1. The van der Waals surface area contributed by atoms with Gasteiger partial charge in [-0.05, 0) is 29.5 Å². The van der Waals surface area contributed by atoms with Crippen LogP contribution in [0.4, 0.5) is 0 Å². The minimum Gasteiger partial charge on any atom is -0.483 e.